The molecule has 31 heavy (non-hydrogen) atoms. The van der Waals surface area contributed by atoms with Crippen molar-refractivity contribution in [3.8, 4) is 11.5 Å². The van der Waals surface area contributed by atoms with Crippen molar-refractivity contribution in [3.63, 3.8) is 0 Å². The Bertz CT molecular complexity index is 1110. The summed E-state index contributed by atoms with van der Waals surface area (Å²) < 4.78 is 80.1. The summed E-state index contributed by atoms with van der Waals surface area (Å²) in [6.45, 7) is -0.742. The number of halogens is 4. The lowest BCUT2D eigenvalue weighted by Crippen LogP contribution is -2.30. The fraction of sp³-hybridized carbons (Fsp3) is 0.125. The van der Waals surface area contributed by atoms with Crippen molar-refractivity contribution in [2.75, 3.05) is 21.5 Å². The van der Waals surface area contributed by atoms with Crippen molar-refractivity contribution in [1.82, 2.24) is 4.72 Å². The molecule has 4 N–H and O–H groups in total. The lowest BCUT2D eigenvalue weighted by atomic mass is 10.2. The molecule has 2 aromatic rings. The Balaban J connectivity index is 1.70. The van der Waals surface area contributed by atoms with Crippen molar-refractivity contribution in [2.24, 2.45) is 0 Å². The Kier molecular flexibility index (Phi) is 5.54. The summed E-state index contributed by atoms with van der Waals surface area (Å²) in [6.07, 6.45) is -4.87. The normalized spacial score (nSPS) is 15.4. The molecule has 3 amide bonds. The van der Waals surface area contributed by atoms with Crippen LogP contribution in [0, 0.1) is 5.82 Å². The number of ether oxygens (including phenoxy) is 1. The van der Waals surface area contributed by atoms with Crippen LogP contribution >= 0.6 is 0 Å². The quantitative estimate of drug-likeness (QED) is 0.513. The van der Waals surface area contributed by atoms with Gasteiger partial charge in [-0.15, -0.1) is 13.2 Å². The van der Waals surface area contributed by atoms with Gasteiger partial charge in [0.15, 0.2) is 5.82 Å². The maximum absolute atomic E-state index is 14.4. The summed E-state index contributed by atoms with van der Waals surface area (Å²) in [6, 6.07) is 4.74. The summed E-state index contributed by atoms with van der Waals surface area (Å²) in [5, 5.41) is 14.4. The number of carbonyl (C=O) groups excluding carboxylic acids is 2. The fourth-order valence-electron chi connectivity index (χ4n) is 2.58. The number of phenols is 1. The third kappa shape index (κ3) is 5.25. The van der Waals surface area contributed by atoms with E-state index in [4.69, 9.17) is 0 Å². The van der Waals surface area contributed by atoms with E-state index in [1.165, 1.54) is 0 Å². The number of aromatic hydroxyl groups is 1. The number of rotatable bonds is 4. The van der Waals surface area contributed by atoms with Gasteiger partial charge < -0.3 is 20.5 Å². The van der Waals surface area contributed by atoms with Crippen molar-refractivity contribution in [2.45, 2.75) is 6.36 Å². The van der Waals surface area contributed by atoms with Crippen molar-refractivity contribution in [1.29, 1.82) is 0 Å². The molecule has 166 valence electrons. The second kappa shape index (κ2) is 7.82. The van der Waals surface area contributed by atoms with Crippen LogP contribution in [0.4, 0.5) is 39.4 Å². The highest BCUT2D eigenvalue weighted by Crippen LogP contribution is 2.36. The van der Waals surface area contributed by atoms with Crippen LogP contribution in [-0.4, -0.2) is 38.4 Å². The highest BCUT2D eigenvalue weighted by Gasteiger charge is 2.37. The van der Waals surface area contributed by atoms with Gasteiger partial charge in [-0.25, -0.2) is 18.2 Å². The second-order valence-corrected chi connectivity index (χ2v) is 7.61. The minimum Gasteiger partial charge on any atom is -0.506 e. The summed E-state index contributed by atoms with van der Waals surface area (Å²) in [5.41, 5.74) is -0.991. The van der Waals surface area contributed by atoms with E-state index in [1.54, 1.807) is 4.72 Å². The van der Waals surface area contributed by atoms with E-state index in [0.717, 1.165) is 30.3 Å². The number of hydrogen-bond donors (Lipinski definition) is 4. The van der Waals surface area contributed by atoms with Crippen molar-refractivity contribution >= 4 is 39.2 Å². The van der Waals surface area contributed by atoms with E-state index in [0.29, 0.717) is 10.4 Å². The summed E-state index contributed by atoms with van der Waals surface area (Å²) in [4.78, 5) is 23.3. The number of benzene rings is 2. The first-order valence-corrected chi connectivity index (χ1v) is 9.58. The zero-order valence-corrected chi connectivity index (χ0v) is 15.8. The van der Waals surface area contributed by atoms with Gasteiger partial charge in [0.05, 0.1) is 0 Å². The molecule has 0 bridgehead atoms. The lowest BCUT2D eigenvalue weighted by Gasteiger charge is -2.18. The van der Waals surface area contributed by atoms with Crippen molar-refractivity contribution < 1.29 is 45.4 Å². The first-order chi connectivity index (χ1) is 14.3. The molecular formula is C16H12F4N4O6S. The van der Waals surface area contributed by atoms with E-state index >= 15 is 0 Å². The monoisotopic (exact) mass is 464 g/mol. The molecule has 0 saturated carbocycles. The van der Waals surface area contributed by atoms with Gasteiger partial charge >= 0.3 is 22.6 Å². The van der Waals surface area contributed by atoms with E-state index < -0.39 is 58.1 Å². The average molecular weight is 464 g/mol. The van der Waals surface area contributed by atoms with Gasteiger partial charge in [-0.1, -0.05) is 0 Å². The minimum absolute atomic E-state index is 0.0704. The summed E-state index contributed by atoms with van der Waals surface area (Å²) >= 11 is 0. The topological polar surface area (TPSA) is 137 Å². The molecule has 1 aliphatic heterocycles. The molecule has 2 aromatic carbocycles. The highest BCUT2D eigenvalue weighted by atomic mass is 32.2. The third-order valence-corrected chi connectivity index (χ3v) is 5.09. The molecular weight excluding hydrogens is 452 g/mol. The zero-order valence-electron chi connectivity index (χ0n) is 15.0. The Morgan fingerprint density at radius 1 is 1.13 bits per heavy atom. The molecule has 1 aliphatic rings. The Morgan fingerprint density at radius 2 is 1.74 bits per heavy atom. The highest BCUT2D eigenvalue weighted by molar-refractivity contribution is 7.92. The number of urea groups is 1. The molecule has 0 aromatic heterocycles. The van der Waals surface area contributed by atoms with Gasteiger partial charge in [-0.2, -0.15) is 8.42 Å². The Morgan fingerprint density at radius 3 is 2.26 bits per heavy atom. The third-order valence-electron chi connectivity index (χ3n) is 3.72. The standard InChI is InChI=1S/C16H12F4N4O6S/c17-11-5-9(6-12(25)14(11)24-7-13(26)23-31(24,28)29)22-15(27)21-8-1-3-10(4-2-8)30-16(18,19)20/h1-6,25H,7H2,(H,23,26)(H2,21,22,27). The van der Waals surface area contributed by atoms with E-state index in [1.807, 2.05) is 0 Å². The largest absolute Gasteiger partial charge is 0.573 e. The average Bonchev–Trinajstić information content (AvgIpc) is 2.87. The first-order valence-electron chi connectivity index (χ1n) is 8.14. The molecule has 0 atom stereocenters. The maximum atomic E-state index is 14.4. The number of alkyl halides is 3. The van der Waals surface area contributed by atoms with Crippen LogP contribution in [0.1, 0.15) is 0 Å². The predicted octanol–water partition coefficient (Wildman–Crippen LogP) is 2.25. The van der Waals surface area contributed by atoms with Crippen LogP contribution in [0.2, 0.25) is 0 Å². The molecule has 1 saturated heterocycles. The van der Waals surface area contributed by atoms with Crippen LogP contribution < -0.4 is 24.4 Å². The number of amides is 3. The number of phenolic OH excluding ortho intramolecular Hbond substituents is 1. The number of anilines is 3. The van der Waals surface area contributed by atoms with Crippen LogP contribution in [0.15, 0.2) is 36.4 Å². The minimum atomic E-state index is -4.87. The maximum Gasteiger partial charge on any atom is 0.573 e. The van der Waals surface area contributed by atoms with Crippen molar-refractivity contribution in [3.05, 3.63) is 42.2 Å². The molecule has 10 nitrogen and oxygen atoms in total. The fourth-order valence-corrected chi connectivity index (χ4v) is 3.75. The van der Waals surface area contributed by atoms with Gasteiger partial charge in [0.25, 0.3) is 5.91 Å². The Labute approximate surface area is 171 Å². The first kappa shape index (κ1) is 21.9. The Hall–Kier alpha value is -3.75. The van der Waals surface area contributed by atoms with Gasteiger partial charge in [0, 0.05) is 17.4 Å². The predicted molar refractivity (Wildman–Crippen MR) is 98.2 cm³/mol. The summed E-state index contributed by atoms with van der Waals surface area (Å²) in [7, 11) is -4.37. The van der Waals surface area contributed by atoms with Crippen LogP contribution in [-0.2, 0) is 15.0 Å². The smallest absolute Gasteiger partial charge is 0.506 e. The molecule has 0 unspecified atom stereocenters. The van der Waals surface area contributed by atoms with Crippen LogP contribution in [0.3, 0.4) is 0 Å². The number of nitrogens with zero attached hydrogens (tertiary/aromatic N) is 1. The molecule has 0 radical (unpaired) electrons. The van der Waals surface area contributed by atoms with Gasteiger partial charge in [0.2, 0.25) is 0 Å². The van der Waals surface area contributed by atoms with Crippen LogP contribution in [0.5, 0.6) is 11.5 Å². The summed E-state index contributed by atoms with van der Waals surface area (Å²) in [5.74, 6) is -3.55. The number of nitrogens with one attached hydrogen (secondary N) is 3. The molecule has 15 heteroatoms. The van der Waals surface area contributed by atoms with E-state index in [-0.39, 0.29) is 11.4 Å². The van der Waals surface area contributed by atoms with Crippen LogP contribution in [0.25, 0.3) is 0 Å². The van der Waals surface area contributed by atoms with Gasteiger partial charge in [0.1, 0.15) is 23.7 Å². The van der Waals surface area contributed by atoms with E-state index in [2.05, 4.69) is 15.4 Å². The molecule has 0 spiro atoms. The molecule has 3 rings (SSSR count). The SMILES string of the molecule is O=C1CN(c2c(O)cc(NC(=O)Nc3ccc(OC(F)(F)F)cc3)cc2F)S(=O)(=O)N1. The number of carbonyl (C=O) groups is 2. The molecule has 1 heterocycles. The second-order valence-electron chi connectivity index (χ2n) is 6.01. The number of hydrogen-bond acceptors (Lipinski definition) is 6. The zero-order chi connectivity index (χ0) is 23.0. The molecule has 0 aliphatic carbocycles. The lowest BCUT2D eigenvalue weighted by molar-refractivity contribution is -0.274. The van der Waals surface area contributed by atoms with Gasteiger partial charge in [-0.3, -0.25) is 4.79 Å². The molecule has 1 fully saturated rings. The van der Waals surface area contributed by atoms with E-state index in [9.17, 15) is 40.7 Å². The van der Waals surface area contributed by atoms with Gasteiger partial charge in [-0.05, 0) is 30.3 Å².